The maximum absolute atomic E-state index is 12.7. The average Bonchev–Trinajstić information content (AvgIpc) is 2.88. The Morgan fingerprint density at radius 1 is 0.957 bits per heavy atom. The molecule has 0 aliphatic carbocycles. The highest BCUT2D eigenvalue weighted by Gasteiger charge is 2.25. The Morgan fingerprint density at radius 2 is 1.61 bits per heavy atom. The summed E-state index contributed by atoms with van der Waals surface area (Å²) in [5, 5.41) is 3.71. The second kappa shape index (κ2) is 5.89. The molecular formula is C17H16N2O3S. The van der Waals surface area contributed by atoms with Crippen molar-refractivity contribution in [1.82, 2.24) is 5.16 Å². The van der Waals surface area contributed by atoms with Crippen LogP contribution in [0.1, 0.15) is 11.5 Å². The lowest BCUT2D eigenvalue weighted by Crippen LogP contribution is -2.15. The van der Waals surface area contributed by atoms with E-state index in [0.717, 1.165) is 11.1 Å². The molecular weight excluding hydrogens is 312 g/mol. The van der Waals surface area contributed by atoms with Gasteiger partial charge < -0.3 is 4.52 Å². The van der Waals surface area contributed by atoms with Gasteiger partial charge in [-0.15, -0.1) is 0 Å². The van der Waals surface area contributed by atoms with Crippen LogP contribution in [0.2, 0.25) is 0 Å². The van der Waals surface area contributed by atoms with Crippen LogP contribution in [0.25, 0.3) is 11.1 Å². The van der Waals surface area contributed by atoms with E-state index < -0.39 is 10.0 Å². The molecule has 0 aliphatic heterocycles. The third-order valence-electron chi connectivity index (χ3n) is 3.49. The number of para-hydroxylation sites is 1. The second-order valence-corrected chi connectivity index (χ2v) is 6.79. The normalized spacial score (nSPS) is 11.4. The van der Waals surface area contributed by atoms with E-state index in [4.69, 9.17) is 4.52 Å². The van der Waals surface area contributed by atoms with Gasteiger partial charge in [-0.25, -0.2) is 8.42 Å². The summed E-state index contributed by atoms with van der Waals surface area (Å²) < 4.78 is 33.0. The molecule has 0 saturated heterocycles. The quantitative estimate of drug-likeness (QED) is 0.791. The first-order valence-corrected chi connectivity index (χ1v) is 8.57. The van der Waals surface area contributed by atoms with Crippen molar-refractivity contribution in [3.63, 3.8) is 0 Å². The Bertz CT molecular complexity index is 912. The zero-order chi connectivity index (χ0) is 16.4. The van der Waals surface area contributed by atoms with Gasteiger partial charge in [0, 0.05) is 5.56 Å². The second-order valence-electron chi connectivity index (χ2n) is 5.17. The molecule has 0 saturated carbocycles. The Morgan fingerprint density at radius 3 is 2.26 bits per heavy atom. The molecule has 118 valence electrons. The van der Waals surface area contributed by atoms with E-state index in [1.807, 2.05) is 42.5 Å². The molecule has 0 amide bonds. The average molecular weight is 328 g/mol. The van der Waals surface area contributed by atoms with Gasteiger partial charge in [-0.05, 0) is 25.5 Å². The monoisotopic (exact) mass is 328 g/mol. The minimum absolute atomic E-state index is 0.0837. The van der Waals surface area contributed by atoms with E-state index in [-0.39, 0.29) is 10.7 Å². The van der Waals surface area contributed by atoms with Crippen molar-refractivity contribution >= 4 is 15.7 Å². The third kappa shape index (κ3) is 2.98. The Kier molecular flexibility index (Phi) is 3.92. The fraction of sp³-hybridized carbons (Fsp3) is 0.118. The summed E-state index contributed by atoms with van der Waals surface area (Å²) in [6, 6.07) is 16.9. The van der Waals surface area contributed by atoms with E-state index >= 15 is 0 Å². The van der Waals surface area contributed by atoms with E-state index in [9.17, 15) is 8.42 Å². The number of aryl methyl sites for hydroxylation is 2. The van der Waals surface area contributed by atoms with Crippen LogP contribution in [-0.2, 0) is 10.0 Å². The minimum atomic E-state index is -3.77. The van der Waals surface area contributed by atoms with Gasteiger partial charge in [-0.3, -0.25) is 4.72 Å². The van der Waals surface area contributed by atoms with E-state index in [1.165, 1.54) is 0 Å². The number of anilines is 1. The molecule has 1 heterocycles. The molecule has 0 spiro atoms. The van der Waals surface area contributed by atoms with Crippen LogP contribution in [0.4, 0.5) is 5.69 Å². The Labute approximate surface area is 135 Å². The number of aromatic nitrogens is 1. The van der Waals surface area contributed by atoms with Gasteiger partial charge >= 0.3 is 0 Å². The van der Waals surface area contributed by atoms with Crippen molar-refractivity contribution in [2.24, 2.45) is 0 Å². The number of hydrogen-bond acceptors (Lipinski definition) is 4. The van der Waals surface area contributed by atoms with Gasteiger partial charge in [0.25, 0.3) is 10.0 Å². The lowest BCUT2D eigenvalue weighted by molar-refractivity contribution is 0.390. The highest BCUT2D eigenvalue weighted by Crippen LogP contribution is 2.30. The van der Waals surface area contributed by atoms with Crippen molar-refractivity contribution in [1.29, 1.82) is 0 Å². The van der Waals surface area contributed by atoms with Gasteiger partial charge in [-0.1, -0.05) is 53.7 Å². The SMILES string of the molecule is Cc1noc(C)c1S(=O)(=O)Nc1ccccc1-c1ccccc1. The standard InChI is InChI=1S/C17H16N2O3S/c1-12-17(13(2)22-18-12)23(20,21)19-16-11-7-6-10-15(16)14-8-4-3-5-9-14/h3-11,19H,1-2H3. The van der Waals surface area contributed by atoms with Crippen LogP contribution < -0.4 is 4.72 Å². The molecule has 3 aromatic rings. The molecule has 0 aliphatic rings. The molecule has 0 radical (unpaired) electrons. The van der Waals surface area contributed by atoms with E-state index in [1.54, 1.807) is 26.0 Å². The first-order valence-electron chi connectivity index (χ1n) is 7.09. The summed E-state index contributed by atoms with van der Waals surface area (Å²) in [5.41, 5.74) is 2.60. The lowest BCUT2D eigenvalue weighted by atomic mass is 10.0. The fourth-order valence-electron chi connectivity index (χ4n) is 2.50. The number of nitrogens with zero attached hydrogens (tertiary/aromatic N) is 1. The highest BCUT2D eigenvalue weighted by atomic mass is 32.2. The molecule has 6 heteroatoms. The first-order chi connectivity index (χ1) is 11.0. The van der Waals surface area contributed by atoms with Crippen molar-refractivity contribution in [3.05, 3.63) is 66.1 Å². The van der Waals surface area contributed by atoms with Gasteiger partial charge in [0.05, 0.1) is 5.69 Å². The largest absolute Gasteiger partial charge is 0.360 e. The predicted octanol–water partition coefficient (Wildman–Crippen LogP) is 3.76. The number of hydrogen-bond donors (Lipinski definition) is 1. The van der Waals surface area contributed by atoms with Crippen molar-refractivity contribution in [2.75, 3.05) is 4.72 Å². The minimum Gasteiger partial charge on any atom is -0.360 e. The molecule has 2 aromatic carbocycles. The molecule has 0 atom stereocenters. The Hall–Kier alpha value is -2.60. The summed E-state index contributed by atoms with van der Waals surface area (Å²) in [4.78, 5) is 0.0837. The van der Waals surface area contributed by atoms with E-state index in [2.05, 4.69) is 9.88 Å². The summed E-state index contributed by atoms with van der Waals surface area (Å²) in [6.45, 7) is 3.19. The highest BCUT2D eigenvalue weighted by molar-refractivity contribution is 7.92. The van der Waals surface area contributed by atoms with Gasteiger partial charge in [-0.2, -0.15) is 0 Å². The van der Waals surface area contributed by atoms with Crippen molar-refractivity contribution < 1.29 is 12.9 Å². The predicted molar refractivity (Wildman–Crippen MR) is 88.7 cm³/mol. The molecule has 23 heavy (non-hydrogen) atoms. The maximum atomic E-state index is 12.7. The lowest BCUT2D eigenvalue weighted by Gasteiger charge is -2.12. The molecule has 3 rings (SSSR count). The first kappa shape index (κ1) is 15.3. The Balaban J connectivity index is 2.05. The summed E-state index contributed by atoms with van der Waals surface area (Å²) in [5.74, 6) is 0.271. The molecule has 0 unspecified atom stereocenters. The maximum Gasteiger partial charge on any atom is 0.267 e. The molecule has 5 nitrogen and oxygen atoms in total. The fourth-order valence-corrected chi connectivity index (χ4v) is 3.91. The van der Waals surface area contributed by atoms with Crippen molar-refractivity contribution in [3.8, 4) is 11.1 Å². The zero-order valence-corrected chi connectivity index (χ0v) is 13.6. The topological polar surface area (TPSA) is 72.2 Å². The molecule has 1 aromatic heterocycles. The van der Waals surface area contributed by atoms with Crippen LogP contribution in [0.3, 0.4) is 0 Å². The molecule has 0 fully saturated rings. The van der Waals surface area contributed by atoms with E-state index in [0.29, 0.717) is 11.4 Å². The van der Waals surface area contributed by atoms with Gasteiger partial charge in [0.2, 0.25) is 0 Å². The van der Waals surface area contributed by atoms with Crippen LogP contribution in [-0.4, -0.2) is 13.6 Å². The van der Waals surface area contributed by atoms with Crippen LogP contribution in [0.15, 0.2) is 64.0 Å². The van der Waals surface area contributed by atoms with Crippen LogP contribution >= 0.6 is 0 Å². The third-order valence-corrected chi connectivity index (χ3v) is 5.10. The number of nitrogens with one attached hydrogen (secondary N) is 1. The number of sulfonamides is 1. The van der Waals surface area contributed by atoms with Crippen LogP contribution in [0.5, 0.6) is 0 Å². The number of rotatable bonds is 4. The smallest absolute Gasteiger partial charge is 0.267 e. The molecule has 1 N–H and O–H groups in total. The number of benzene rings is 2. The summed E-state index contributed by atoms with van der Waals surface area (Å²) >= 11 is 0. The van der Waals surface area contributed by atoms with Gasteiger partial charge in [0.1, 0.15) is 5.69 Å². The van der Waals surface area contributed by atoms with Gasteiger partial charge in [0.15, 0.2) is 10.7 Å². The van der Waals surface area contributed by atoms with Crippen molar-refractivity contribution in [2.45, 2.75) is 18.7 Å². The zero-order valence-electron chi connectivity index (χ0n) is 12.8. The molecule has 0 bridgehead atoms. The van der Waals surface area contributed by atoms with Crippen LogP contribution in [0, 0.1) is 13.8 Å². The summed E-state index contributed by atoms with van der Waals surface area (Å²) in [7, 11) is -3.77. The summed E-state index contributed by atoms with van der Waals surface area (Å²) in [6.07, 6.45) is 0.